The Balaban J connectivity index is 2.45. The van der Waals surface area contributed by atoms with E-state index >= 15 is 0 Å². The van der Waals surface area contributed by atoms with Crippen molar-refractivity contribution in [2.45, 2.75) is 25.7 Å². The molecule has 0 saturated carbocycles. The standard InChI is InChI=1S/C17H19FO/c1-3-7-15(13-8-6-9-14(18)12-13)16-10-4-5-11-17(16)19-2/h4-6,8-12,15H,3,7H2,1-2H3. The number of hydrogen-bond donors (Lipinski definition) is 0. The maximum atomic E-state index is 13.4. The Morgan fingerprint density at radius 3 is 2.58 bits per heavy atom. The van der Waals surface area contributed by atoms with E-state index in [-0.39, 0.29) is 11.7 Å². The average Bonchev–Trinajstić information content (AvgIpc) is 2.45. The van der Waals surface area contributed by atoms with Crippen LogP contribution >= 0.6 is 0 Å². The quantitative estimate of drug-likeness (QED) is 0.751. The lowest BCUT2D eigenvalue weighted by atomic mass is 9.87. The Labute approximate surface area is 114 Å². The number of para-hydroxylation sites is 1. The van der Waals surface area contributed by atoms with E-state index in [1.807, 2.05) is 24.3 Å². The van der Waals surface area contributed by atoms with Crippen molar-refractivity contribution >= 4 is 0 Å². The Kier molecular flexibility index (Phi) is 4.56. The molecule has 0 aliphatic carbocycles. The summed E-state index contributed by atoms with van der Waals surface area (Å²) in [4.78, 5) is 0. The summed E-state index contributed by atoms with van der Waals surface area (Å²) in [6, 6.07) is 14.8. The van der Waals surface area contributed by atoms with Gasteiger partial charge in [0.25, 0.3) is 0 Å². The fraction of sp³-hybridized carbons (Fsp3) is 0.294. The molecule has 1 nitrogen and oxygen atoms in total. The van der Waals surface area contributed by atoms with Crippen LogP contribution in [0.3, 0.4) is 0 Å². The molecule has 0 aromatic heterocycles. The van der Waals surface area contributed by atoms with Crippen molar-refractivity contribution in [1.82, 2.24) is 0 Å². The van der Waals surface area contributed by atoms with Gasteiger partial charge in [-0.15, -0.1) is 0 Å². The van der Waals surface area contributed by atoms with E-state index in [2.05, 4.69) is 13.0 Å². The molecule has 0 radical (unpaired) electrons. The highest BCUT2D eigenvalue weighted by atomic mass is 19.1. The molecule has 1 unspecified atom stereocenters. The van der Waals surface area contributed by atoms with Crippen molar-refractivity contribution in [1.29, 1.82) is 0 Å². The third-order valence-corrected chi connectivity index (χ3v) is 3.34. The molecule has 2 heteroatoms. The second-order valence-corrected chi connectivity index (χ2v) is 4.64. The molecule has 0 N–H and O–H groups in total. The van der Waals surface area contributed by atoms with E-state index in [0.29, 0.717) is 0 Å². The first-order valence-electron chi connectivity index (χ1n) is 6.64. The fourth-order valence-electron chi connectivity index (χ4n) is 2.47. The van der Waals surface area contributed by atoms with Gasteiger partial charge in [-0.2, -0.15) is 0 Å². The molecule has 100 valence electrons. The minimum atomic E-state index is -0.187. The van der Waals surface area contributed by atoms with Crippen LogP contribution in [0.2, 0.25) is 0 Å². The van der Waals surface area contributed by atoms with Crippen LogP contribution in [0.4, 0.5) is 4.39 Å². The number of rotatable bonds is 5. The molecule has 19 heavy (non-hydrogen) atoms. The minimum Gasteiger partial charge on any atom is -0.496 e. The molecule has 2 aromatic rings. The zero-order chi connectivity index (χ0) is 13.7. The summed E-state index contributed by atoms with van der Waals surface area (Å²) in [6.07, 6.45) is 2.02. The predicted molar refractivity (Wildman–Crippen MR) is 76.1 cm³/mol. The lowest BCUT2D eigenvalue weighted by Gasteiger charge is -2.20. The van der Waals surface area contributed by atoms with Crippen LogP contribution in [-0.4, -0.2) is 7.11 Å². The second-order valence-electron chi connectivity index (χ2n) is 4.64. The third-order valence-electron chi connectivity index (χ3n) is 3.34. The highest BCUT2D eigenvalue weighted by Gasteiger charge is 2.17. The average molecular weight is 258 g/mol. The number of hydrogen-bond acceptors (Lipinski definition) is 1. The normalized spacial score (nSPS) is 12.2. The number of benzene rings is 2. The van der Waals surface area contributed by atoms with Crippen LogP contribution in [-0.2, 0) is 0 Å². The Bertz CT molecular complexity index is 536. The van der Waals surface area contributed by atoms with Crippen LogP contribution in [0, 0.1) is 5.82 Å². The molecule has 0 amide bonds. The van der Waals surface area contributed by atoms with Crippen molar-refractivity contribution in [3.63, 3.8) is 0 Å². The van der Waals surface area contributed by atoms with Gasteiger partial charge < -0.3 is 4.74 Å². The highest BCUT2D eigenvalue weighted by molar-refractivity contribution is 5.42. The summed E-state index contributed by atoms with van der Waals surface area (Å²) in [6.45, 7) is 2.14. The summed E-state index contributed by atoms with van der Waals surface area (Å²) >= 11 is 0. The lowest BCUT2D eigenvalue weighted by molar-refractivity contribution is 0.406. The number of halogens is 1. The molecular weight excluding hydrogens is 239 g/mol. The first-order valence-corrected chi connectivity index (χ1v) is 6.64. The number of ether oxygens (including phenoxy) is 1. The minimum absolute atomic E-state index is 0.178. The SMILES string of the molecule is CCCC(c1cccc(F)c1)c1ccccc1OC. The van der Waals surface area contributed by atoms with Crippen molar-refractivity contribution in [2.75, 3.05) is 7.11 Å². The largest absolute Gasteiger partial charge is 0.496 e. The van der Waals surface area contributed by atoms with Gasteiger partial charge in [0.15, 0.2) is 0 Å². The summed E-state index contributed by atoms with van der Waals surface area (Å²) in [5.74, 6) is 0.857. The predicted octanol–water partition coefficient (Wildman–Crippen LogP) is 4.77. The van der Waals surface area contributed by atoms with Crippen molar-refractivity contribution < 1.29 is 9.13 Å². The molecule has 0 aliphatic rings. The highest BCUT2D eigenvalue weighted by Crippen LogP contribution is 2.35. The monoisotopic (exact) mass is 258 g/mol. The molecule has 1 atom stereocenters. The lowest BCUT2D eigenvalue weighted by Crippen LogP contribution is -2.03. The molecule has 0 spiro atoms. The van der Waals surface area contributed by atoms with Crippen molar-refractivity contribution in [3.8, 4) is 5.75 Å². The first kappa shape index (κ1) is 13.6. The van der Waals surface area contributed by atoms with Gasteiger partial charge in [-0.1, -0.05) is 43.7 Å². The molecule has 0 fully saturated rings. The summed E-state index contributed by atoms with van der Waals surface area (Å²) in [5, 5.41) is 0. The van der Waals surface area contributed by atoms with E-state index in [1.165, 1.54) is 6.07 Å². The first-order chi connectivity index (χ1) is 9.26. The van der Waals surface area contributed by atoms with Gasteiger partial charge in [-0.25, -0.2) is 4.39 Å². The van der Waals surface area contributed by atoms with Gasteiger partial charge >= 0.3 is 0 Å². The number of methoxy groups -OCH3 is 1. The Hall–Kier alpha value is -1.83. The van der Waals surface area contributed by atoms with Crippen LogP contribution in [0.1, 0.15) is 36.8 Å². The van der Waals surface area contributed by atoms with Crippen LogP contribution in [0.5, 0.6) is 5.75 Å². The van der Waals surface area contributed by atoms with Crippen LogP contribution in [0.15, 0.2) is 48.5 Å². The Morgan fingerprint density at radius 2 is 1.89 bits per heavy atom. The summed E-state index contributed by atoms with van der Waals surface area (Å²) in [7, 11) is 1.67. The van der Waals surface area contributed by atoms with E-state index in [9.17, 15) is 4.39 Å². The molecule has 2 aromatic carbocycles. The summed E-state index contributed by atoms with van der Waals surface area (Å²) < 4.78 is 18.9. The zero-order valence-electron chi connectivity index (χ0n) is 11.4. The fourth-order valence-corrected chi connectivity index (χ4v) is 2.47. The second kappa shape index (κ2) is 6.37. The van der Waals surface area contributed by atoms with Gasteiger partial charge in [0.05, 0.1) is 7.11 Å². The maximum Gasteiger partial charge on any atom is 0.123 e. The van der Waals surface area contributed by atoms with Gasteiger partial charge in [0.1, 0.15) is 11.6 Å². The summed E-state index contributed by atoms with van der Waals surface area (Å²) in [5.41, 5.74) is 2.13. The van der Waals surface area contributed by atoms with E-state index < -0.39 is 0 Å². The van der Waals surface area contributed by atoms with Crippen LogP contribution < -0.4 is 4.74 Å². The van der Waals surface area contributed by atoms with Gasteiger partial charge in [-0.05, 0) is 30.2 Å². The third kappa shape index (κ3) is 3.14. The topological polar surface area (TPSA) is 9.23 Å². The van der Waals surface area contributed by atoms with Crippen molar-refractivity contribution in [2.24, 2.45) is 0 Å². The van der Waals surface area contributed by atoms with Gasteiger partial charge in [-0.3, -0.25) is 0 Å². The zero-order valence-corrected chi connectivity index (χ0v) is 11.4. The van der Waals surface area contributed by atoms with Crippen LogP contribution in [0.25, 0.3) is 0 Å². The molecule has 0 bridgehead atoms. The molecular formula is C17H19FO. The van der Waals surface area contributed by atoms with E-state index in [1.54, 1.807) is 19.2 Å². The van der Waals surface area contributed by atoms with Crippen molar-refractivity contribution in [3.05, 3.63) is 65.5 Å². The van der Waals surface area contributed by atoms with Gasteiger partial charge in [0, 0.05) is 11.5 Å². The van der Waals surface area contributed by atoms with Gasteiger partial charge in [0.2, 0.25) is 0 Å². The maximum absolute atomic E-state index is 13.4. The molecule has 0 heterocycles. The van der Waals surface area contributed by atoms with E-state index in [0.717, 1.165) is 29.7 Å². The smallest absolute Gasteiger partial charge is 0.123 e. The van der Waals surface area contributed by atoms with E-state index in [4.69, 9.17) is 4.74 Å². The molecule has 0 aliphatic heterocycles. The Morgan fingerprint density at radius 1 is 1.11 bits per heavy atom. The molecule has 0 saturated heterocycles. The molecule has 2 rings (SSSR count).